The van der Waals surface area contributed by atoms with Crippen molar-refractivity contribution >= 4 is 5.96 Å². The first-order valence-electron chi connectivity index (χ1n) is 11.9. The van der Waals surface area contributed by atoms with Crippen molar-refractivity contribution in [2.24, 2.45) is 10.9 Å². The van der Waals surface area contributed by atoms with Gasteiger partial charge in [0.25, 0.3) is 0 Å². The van der Waals surface area contributed by atoms with E-state index in [0.717, 1.165) is 65.0 Å². The van der Waals surface area contributed by atoms with Crippen LogP contribution in [0.25, 0.3) is 0 Å². The summed E-state index contributed by atoms with van der Waals surface area (Å²) in [5, 5.41) is 6.98. The molecule has 7 heteroatoms. The number of nitrogens with zero attached hydrogens (tertiary/aromatic N) is 3. The first-order valence-corrected chi connectivity index (χ1v) is 11.9. The van der Waals surface area contributed by atoms with Crippen LogP contribution in [-0.4, -0.2) is 99.6 Å². The average Bonchev–Trinajstić information content (AvgIpc) is 3.23. The molecule has 0 amide bonds. The van der Waals surface area contributed by atoms with Crippen LogP contribution in [0.4, 0.5) is 0 Å². The normalized spacial score (nSPS) is 27.8. The Labute approximate surface area is 177 Å². The summed E-state index contributed by atoms with van der Waals surface area (Å²) in [4.78, 5) is 10.2. The number of hydrogen-bond acceptors (Lipinski definition) is 5. The van der Waals surface area contributed by atoms with Crippen LogP contribution >= 0.6 is 0 Å². The predicted octanol–water partition coefficient (Wildman–Crippen LogP) is 1.54. The summed E-state index contributed by atoms with van der Waals surface area (Å²) in [5.41, 5.74) is 0. The third-order valence-electron chi connectivity index (χ3n) is 6.85. The van der Waals surface area contributed by atoms with E-state index in [-0.39, 0.29) is 6.10 Å². The molecule has 3 unspecified atom stereocenters. The second-order valence-electron chi connectivity index (χ2n) is 8.64. The molecule has 3 aliphatic heterocycles. The first kappa shape index (κ1) is 22.8. The average molecular weight is 410 g/mol. The van der Waals surface area contributed by atoms with Gasteiger partial charge in [0, 0.05) is 44.8 Å². The van der Waals surface area contributed by atoms with Crippen LogP contribution in [0.15, 0.2) is 4.99 Å². The standard InChI is InChI=1S/C22H43N5O2/c1-4-18(5-2)21(26-10-12-28-13-11-26)15-25-22(23-6-3)24-14-20-16-27-9-7-8-19(27)17-29-20/h18-21H,4-17H2,1-3H3,(H2,23,24,25). The van der Waals surface area contributed by atoms with E-state index < -0.39 is 0 Å². The van der Waals surface area contributed by atoms with Crippen molar-refractivity contribution < 1.29 is 9.47 Å². The van der Waals surface area contributed by atoms with Crippen LogP contribution in [0.5, 0.6) is 0 Å². The molecule has 3 fully saturated rings. The number of rotatable bonds is 9. The van der Waals surface area contributed by atoms with Crippen molar-refractivity contribution in [3.8, 4) is 0 Å². The molecule has 0 saturated carbocycles. The van der Waals surface area contributed by atoms with Gasteiger partial charge in [-0.2, -0.15) is 0 Å². The highest BCUT2D eigenvalue weighted by Crippen LogP contribution is 2.22. The predicted molar refractivity (Wildman–Crippen MR) is 119 cm³/mol. The van der Waals surface area contributed by atoms with Crippen molar-refractivity contribution in [2.45, 2.75) is 64.6 Å². The van der Waals surface area contributed by atoms with Gasteiger partial charge in [0.05, 0.1) is 32.5 Å². The van der Waals surface area contributed by atoms with E-state index in [1.54, 1.807) is 0 Å². The van der Waals surface area contributed by atoms with Crippen LogP contribution < -0.4 is 10.6 Å². The molecule has 168 valence electrons. The van der Waals surface area contributed by atoms with Gasteiger partial charge in [-0.25, -0.2) is 0 Å². The zero-order valence-corrected chi connectivity index (χ0v) is 18.9. The van der Waals surface area contributed by atoms with E-state index >= 15 is 0 Å². The van der Waals surface area contributed by atoms with Crippen LogP contribution in [0, 0.1) is 5.92 Å². The van der Waals surface area contributed by atoms with Crippen molar-refractivity contribution in [2.75, 3.05) is 65.6 Å². The second kappa shape index (κ2) is 12.1. The fourth-order valence-corrected chi connectivity index (χ4v) is 5.05. The highest BCUT2D eigenvalue weighted by molar-refractivity contribution is 5.79. The smallest absolute Gasteiger partial charge is 0.191 e. The van der Waals surface area contributed by atoms with Crippen molar-refractivity contribution in [1.29, 1.82) is 0 Å². The molecule has 2 N–H and O–H groups in total. The molecule has 0 radical (unpaired) electrons. The Bertz CT molecular complexity index is 494. The lowest BCUT2D eigenvalue weighted by atomic mass is 9.92. The van der Waals surface area contributed by atoms with E-state index in [0.29, 0.717) is 18.0 Å². The van der Waals surface area contributed by atoms with Gasteiger partial charge in [-0.3, -0.25) is 14.8 Å². The van der Waals surface area contributed by atoms with Gasteiger partial charge in [0.2, 0.25) is 0 Å². The molecule has 0 aromatic rings. The maximum Gasteiger partial charge on any atom is 0.191 e. The van der Waals surface area contributed by atoms with Gasteiger partial charge in [-0.05, 0) is 32.2 Å². The molecule has 7 nitrogen and oxygen atoms in total. The third-order valence-corrected chi connectivity index (χ3v) is 6.85. The first-order chi connectivity index (χ1) is 14.2. The molecule has 3 atom stereocenters. The van der Waals surface area contributed by atoms with Crippen LogP contribution in [0.3, 0.4) is 0 Å². The van der Waals surface area contributed by atoms with Gasteiger partial charge < -0.3 is 20.1 Å². The van der Waals surface area contributed by atoms with E-state index in [9.17, 15) is 0 Å². The number of nitrogens with one attached hydrogen (secondary N) is 2. The molecule has 0 spiro atoms. The Hall–Kier alpha value is -0.890. The number of aliphatic imine (C=N–C) groups is 1. The van der Waals surface area contributed by atoms with Gasteiger partial charge in [-0.15, -0.1) is 0 Å². The molecular formula is C22H43N5O2. The van der Waals surface area contributed by atoms with E-state index in [1.807, 2.05) is 0 Å². The fraction of sp³-hybridized carbons (Fsp3) is 0.955. The molecule has 3 saturated heterocycles. The summed E-state index contributed by atoms with van der Waals surface area (Å²) >= 11 is 0. The minimum Gasteiger partial charge on any atom is -0.379 e. The third kappa shape index (κ3) is 6.54. The Morgan fingerprint density at radius 3 is 2.62 bits per heavy atom. The Morgan fingerprint density at radius 2 is 1.90 bits per heavy atom. The molecule has 3 heterocycles. The quantitative estimate of drug-likeness (QED) is 0.445. The zero-order valence-electron chi connectivity index (χ0n) is 18.9. The molecule has 29 heavy (non-hydrogen) atoms. The lowest BCUT2D eigenvalue weighted by molar-refractivity contribution is -0.0453. The van der Waals surface area contributed by atoms with Gasteiger partial charge >= 0.3 is 0 Å². The second-order valence-corrected chi connectivity index (χ2v) is 8.64. The summed E-state index contributed by atoms with van der Waals surface area (Å²) in [6.07, 6.45) is 5.26. The Balaban J connectivity index is 1.55. The molecule has 0 bridgehead atoms. The number of morpholine rings is 2. The number of hydrogen-bond donors (Lipinski definition) is 2. The number of fused-ring (bicyclic) bond motifs is 1. The van der Waals surface area contributed by atoms with Crippen LogP contribution in [-0.2, 0) is 9.47 Å². The SMILES string of the molecule is CCNC(=NCC(C(CC)CC)N1CCOCC1)NCC1CN2CCCC2CO1. The lowest BCUT2D eigenvalue weighted by Crippen LogP contribution is -2.52. The highest BCUT2D eigenvalue weighted by atomic mass is 16.5. The van der Waals surface area contributed by atoms with E-state index in [2.05, 4.69) is 41.2 Å². The fourth-order valence-electron chi connectivity index (χ4n) is 5.05. The molecule has 3 aliphatic rings. The molecule has 0 aromatic carbocycles. The lowest BCUT2D eigenvalue weighted by Gasteiger charge is -2.38. The van der Waals surface area contributed by atoms with Gasteiger partial charge in [0.1, 0.15) is 0 Å². The monoisotopic (exact) mass is 409 g/mol. The largest absolute Gasteiger partial charge is 0.379 e. The summed E-state index contributed by atoms with van der Waals surface area (Å²) in [7, 11) is 0. The topological polar surface area (TPSA) is 61.4 Å². The zero-order chi connectivity index (χ0) is 20.5. The minimum absolute atomic E-state index is 0.252. The summed E-state index contributed by atoms with van der Waals surface area (Å²) in [6.45, 7) is 16.2. The minimum atomic E-state index is 0.252. The molecular weight excluding hydrogens is 366 g/mol. The van der Waals surface area contributed by atoms with Gasteiger partial charge in [0.15, 0.2) is 5.96 Å². The summed E-state index contributed by atoms with van der Waals surface area (Å²) < 4.78 is 11.7. The Morgan fingerprint density at radius 1 is 1.10 bits per heavy atom. The summed E-state index contributed by atoms with van der Waals surface area (Å²) in [5.74, 6) is 1.59. The number of ether oxygens (including phenoxy) is 2. The maximum atomic E-state index is 6.11. The van der Waals surface area contributed by atoms with Crippen molar-refractivity contribution in [3.05, 3.63) is 0 Å². The van der Waals surface area contributed by atoms with Gasteiger partial charge in [-0.1, -0.05) is 26.7 Å². The van der Waals surface area contributed by atoms with Crippen molar-refractivity contribution in [3.63, 3.8) is 0 Å². The molecule has 0 aromatic heterocycles. The molecule has 0 aliphatic carbocycles. The van der Waals surface area contributed by atoms with E-state index in [1.165, 1.54) is 32.2 Å². The highest BCUT2D eigenvalue weighted by Gasteiger charge is 2.32. The number of guanidine groups is 1. The summed E-state index contributed by atoms with van der Waals surface area (Å²) in [6, 6.07) is 1.14. The van der Waals surface area contributed by atoms with Crippen molar-refractivity contribution in [1.82, 2.24) is 20.4 Å². The van der Waals surface area contributed by atoms with Crippen LogP contribution in [0.1, 0.15) is 46.5 Å². The van der Waals surface area contributed by atoms with Crippen LogP contribution in [0.2, 0.25) is 0 Å². The maximum absolute atomic E-state index is 6.11. The van der Waals surface area contributed by atoms with E-state index in [4.69, 9.17) is 14.5 Å². The molecule has 3 rings (SSSR count). The Kier molecular flexibility index (Phi) is 9.49.